The molecule has 0 aromatic heterocycles. The fourth-order valence-corrected chi connectivity index (χ4v) is 3.52. The average Bonchev–Trinajstić information content (AvgIpc) is 3.06. The molecule has 1 aliphatic heterocycles. The highest BCUT2D eigenvalue weighted by atomic mass is 32.2. The van der Waals surface area contributed by atoms with Crippen LogP contribution in [0.15, 0.2) is 59.5 Å². The van der Waals surface area contributed by atoms with Gasteiger partial charge in [-0.1, -0.05) is 30.3 Å². The number of anilines is 2. The Morgan fingerprint density at radius 1 is 1.08 bits per heavy atom. The summed E-state index contributed by atoms with van der Waals surface area (Å²) in [5, 5.41) is 5.71. The molecule has 2 aromatic rings. The van der Waals surface area contributed by atoms with Crippen molar-refractivity contribution < 1.29 is 9.59 Å². The van der Waals surface area contributed by atoms with E-state index in [4.69, 9.17) is 0 Å². The van der Waals surface area contributed by atoms with E-state index in [9.17, 15) is 9.59 Å². The van der Waals surface area contributed by atoms with Gasteiger partial charge in [0.1, 0.15) is 0 Å². The van der Waals surface area contributed by atoms with Crippen LogP contribution in [0.1, 0.15) is 12.8 Å². The van der Waals surface area contributed by atoms with Crippen molar-refractivity contribution in [1.82, 2.24) is 5.32 Å². The largest absolute Gasteiger partial charge is 0.337 e. The van der Waals surface area contributed by atoms with Gasteiger partial charge in [0.25, 0.3) is 0 Å². The lowest BCUT2D eigenvalue weighted by Crippen LogP contribution is -2.32. The molecule has 3 rings (SSSR count). The van der Waals surface area contributed by atoms with E-state index in [1.54, 1.807) is 16.7 Å². The van der Waals surface area contributed by atoms with Crippen LogP contribution in [0.2, 0.25) is 0 Å². The highest BCUT2D eigenvalue weighted by Crippen LogP contribution is 2.29. The molecule has 6 heteroatoms. The standard InChI is InChI=1S/C19H21N3O2S/c23-18-11-6-13-22(18)17-10-5-4-9-16(17)21-19(24)20-12-14-25-15-7-2-1-3-8-15/h1-5,7-10H,6,11-14H2,(H2,20,21,24). The maximum Gasteiger partial charge on any atom is 0.319 e. The highest BCUT2D eigenvalue weighted by molar-refractivity contribution is 7.99. The number of nitrogens with one attached hydrogen (secondary N) is 2. The Morgan fingerprint density at radius 2 is 1.84 bits per heavy atom. The van der Waals surface area contributed by atoms with Gasteiger partial charge in [0.15, 0.2) is 0 Å². The molecule has 0 unspecified atom stereocenters. The predicted octanol–water partition coefficient (Wildman–Crippen LogP) is 3.73. The molecule has 1 heterocycles. The second-order valence-corrected chi connectivity index (χ2v) is 6.88. The molecule has 2 aromatic carbocycles. The fraction of sp³-hybridized carbons (Fsp3) is 0.263. The maximum absolute atomic E-state index is 12.1. The Balaban J connectivity index is 1.50. The van der Waals surface area contributed by atoms with Crippen LogP contribution in [0, 0.1) is 0 Å². The molecular weight excluding hydrogens is 334 g/mol. The van der Waals surface area contributed by atoms with E-state index in [-0.39, 0.29) is 11.9 Å². The first kappa shape index (κ1) is 17.4. The third kappa shape index (κ3) is 4.76. The van der Waals surface area contributed by atoms with Gasteiger partial charge in [-0.15, -0.1) is 11.8 Å². The van der Waals surface area contributed by atoms with Gasteiger partial charge in [0.05, 0.1) is 11.4 Å². The van der Waals surface area contributed by atoms with E-state index in [0.717, 1.165) is 17.9 Å². The minimum atomic E-state index is -0.257. The fourth-order valence-electron chi connectivity index (χ4n) is 2.73. The topological polar surface area (TPSA) is 61.4 Å². The normalized spacial score (nSPS) is 13.8. The van der Waals surface area contributed by atoms with Crippen LogP contribution in [0.4, 0.5) is 16.2 Å². The van der Waals surface area contributed by atoms with Crippen molar-refractivity contribution in [1.29, 1.82) is 0 Å². The summed E-state index contributed by atoms with van der Waals surface area (Å²) in [6, 6.07) is 17.2. The Labute approximate surface area is 151 Å². The molecule has 0 aliphatic carbocycles. The first-order valence-corrected chi connectivity index (χ1v) is 9.35. The number of amides is 3. The van der Waals surface area contributed by atoms with Gasteiger partial charge in [-0.05, 0) is 30.7 Å². The smallest absolute Gasteiger partial charge is 0.319 e. The molecule has 25 heavy (non-hydrogen) atoms. The number of para-hydroxylation sites is 2. The summed E-state index contributed by atoms with van der Waals surface area (Å²) in [4.78, 5) is 27.0. The number of urea groups is 1. The Kier molecular flexibility index (Phi) is 5.95. The number of rotatable bonds is 6. The Hall–Kier alpha value is -2.47. The molecule has 0 atom stereocenters. The minimum absolute atomic E-state index is 0.105. The molecule has 1 saturated heterocycles. The van der Waals surface area contributed by atoms with Crippen molar-refractivity contribution in [2.75, 3.05) is 29.1 Å². The quantitative estimate of drug-likeness (QED) is 0.613. The van der Waals surface area contributed by atoms with Gasteiger partial charge in [-0.3, -0.25) is 4.79 Å². The van der Waals surface area contributed by atoms with E-state index >= 15 is 0 Å². The van der Waals surface area contributed by atoms with Gasteiger partial charge in [0.2, 0.25) is 5.91 Å². The van der Waals surface area contributed by atoms with E-state index in [2.05, 4.69) is 10.6 Å². The summed E-state index contributed by atoms with van der Waals surface area (Å²) < 4.78 is 0. The molecule has 130 valence electrons. The third-order valence-electron chi connectivity index (χ3n) is 3.92. The van der Waals surface area contributed by atoms with Crippen molar-refractivity contribution in [2.24, 2.45) is 0 Å². The molecule has 0 bridgehead atoms. The first-order valence-electron chi connectivity index (χ1n) is 8.36. The zero-order valence-electron chi connectivity index (χ0n) is 13.9. The molecule has 2 N–H and O–H groups in total. The average molecular weight is 355 g/mol. The van der Waals surface area contributed by atoms with Crippen LogP contribution in [-0.4, -0.2) is 30.8 Å². The summed E-state index contributed by atoms with van der Waals surface area (Å²) >= 11 is 1.70. The van der Waals surface area contributed by atoms with Gasteiger partial charge < -0.3 is 15.5 Å². The van der Waals surface area contributed by atoms with Crippen LogP contribution >= 0.6 is 11.8 Å². The van der Waals surface area contributed by atoms with Crippen LogP contribution in [-0.2, 0) is 4.79 Å². The zero-order valence-corrected chi connectivity index (χ0v) is 14.7. The van der Waals surface area contributed by atoms with Crippen LogP contribution in [0.3, 0.4) is 0 Å². The van der Waals surface area contributed by atoms with E-state index in [1.165, 1.54) is 4.90 Å². The van der Waals surface area contributed by atoms with Gasteiger partial charge in [-0.25, -0.2) is 4.79 Å². The Morgan fingerprint density at radius 3 is 2.60 bits per heavy atom. The third-order valence-corrected chi connectivity index (χ3v) is 4.93. The second kappa shape index (κ2) is 8.58. The van der Waals surface area contributed by atoms with Gasteiger partial charge in [0, 0.05) is 30.2 Å². The van der Waals surface area contributed by atoms with E-state index in [1.807, 2.05) is 54.6 Å². The summed E-state index contributed by atoms with van der Waals surface area (Å²) in [5.41, 5.74) is 1.42. The first-order chi connectivity index (χ1) is 12.2. The molecule has 0 spiro atoms. The van der Waals surface area contributed by atoms with Crippen LogP contribution in [0.25, 0.3) is 0 Å². The predicted molar refractivity (Wildman–Crippen MR) is 102 cm³/mol. The van der Waals surface area contributed by atoms with E-state index in [0.29, 0.717) is 25.2 Å². The number of hydrogen-bond acceptors (Lipinski definition) is 3. The monoisotopic (exact) mass is 355 g/mol. The molecule has 1 fully saturated rings. The summed E-state index contributed by atoms with van der Waals surface area (Å²) in [6.07, 6.45) is 1.42. The molecule has 5 nitrogen and oxygen atoms in total. The van der Waals surface area contributed by atoms with E-state index < -0.39 is 0 Å². The second-order valence-electron chi connectivity index (χ2n) is 5.71. The molecule has 0 radical (unpaired) electrons. The molecule has 0 saturated carbocycles. The number of carbonyl (C=O) groups excluding carboxylic acids is 2. The molecule has 3 amide bonds. The summed E-state index contributed by atoms with van der Waals surface area (Å²) in [5.74, 6) is 0.901. The summed E-state index contributed by atoms with van der Waals surface area (Å²) in [6.45, 7) is 1.27. The lowest BCUT2D eigenvalue weighted by Gasteiger charge is -2.20. The van der Waals surface area contributed by atoms with Crippen molar-refractivity contribution >= 4 is 35.1 Å². The zero-order chi connectivity index (χ0) is 17.5. The number of thioether (sulfide) groups is 1. The lowest BCUT2D eigenvalue weighted by molar-refractivity contribution is -0.117. The number of hydrogen-bond donors (Lipinski definition) is 2. The number of benzene rings is 2. The van der Waals surface area contributed by atoms with Crippen molar-refractivity contribution in [3.05, 3.63) is 54.6 Å². The van der Waals surface area contributed by atoms with Gasteiger partial charge in [-0.2, -0.15) is 0 Å². The number of carbonyl (C=O) groups is 2. The van der Waals surface area contributed by atoms with Crippen molar-refractivity contribution in [2.45, 2.75) is 17.7 Å². The lowest BCUT2D eigenvalue weighted by atomic mass is 10.2. The van der Waals surface area contributed by atoms with Crippen LogP contribution in [0.5, 0.6) is 0 Å². The van der Waals surface area contributed by atoms with Crippen molar-refractivity contribution in [3.8, 4) is 0 Å². The SMILES string of the molecule is O=C(NCCSc1ccccc1)Nc1ccccc1N1CCCC1=O. The van der Waals surface area contributed by atoms with Crippen molar-refractivity contribution in [3.63, 3.8) is 0 Å². The van der Waals surface area contributed by atoms with Crippen LogP contribution < -0.4 is 15.5 Å². The highest BCUT2D eigenvalue weighted by Gasteiger charge is 2.24. The molecule has 1 aliphatic rings. The van der Waals surface area contributed by atoms with Gasteiger partial charge >= 0.3 is 6.03 Å². The number of nitrogens with zero attached hydrogens (tertiary/aromatic N) is 1. The summed E-state index contributed by atoms with van der Waals surface area (Å²) in [7, 11) is 0. The molecular formula is C19H21N3O2S. The Bertz CT molecular complexity index is 736. The maximum atomic E-state index is 12.1. The minimum Gasteiger partial charge on any atom is -0.337 e.